The van der Waals surface area contributed by atoms with Gasteiger partial charge in [-0.1, -0.05) is 0 Å². The maximum absolute atomic E-state index is 11.0. The number of carboxylic acids is 2. The van der Waals surface area contributed by atoms with Crippen LogP contribution in [0.4, 0.5) is 4.79 Å². The van der Waals surface area contributed by atoms with Crippen LogP contribution in [0.1, 0.15) is 6.42 Å². The number of carboxylic acid groups (broad SMARTS) is 3. The van der Waals surface area contributed by atoms with E-state index in [1.807, 2.05) is 5.32 Å². The van der Waals surface area contributed by atoms with Crippen LogP contribution < -0.4 is 5.32 Å². The van der Waals surface area contributed by atoms with Gasteiger partial charge < -0.3 is 20.1 Å². The first-order chi connectivity index (χ1) is 8.23. The second kappa shape index (κ2) is 6.96. The number of carbonyl (C=O) groups excluding carboxylic acids is 2. The van der Waals surface area contributed by atoms with E-state index in [1.165, 1.54) is 0 Å². The Morgan fingerprint density at radius 2 is 1.61 bits per heavy atom. The van der Waals surface area contributed by atoms with Crippen molar-refractivity contribution in [2.45, 2.75) is 12.5 Å². The van der Waals surface area contributed by atoms with E-state index >= 15 is 0 Å². The Balaban J connectivity index is 4.31. The van der Waals surface area contributed by atoms with Crippen LogP contribution in [0.5, 0.6) is 0 Å². The first-order valence-electron chi connectivity index (χ1n) is 4.40. The predicted molar refractivity (Wildman–Crippen MR) is 50.8 cm³/mol. The lowest BCUT2D eigenvalue weighted by Crippen LogP contribution is -2.43. The summed E-state index contributed by atoms with van der Waals surface area (Å²) < 4.78 is 3.51. The second-order valence-corrected chi connectivity index (χ2v) is 2.95. The molecule has 0 bridgehead atoms. The number of ether oxygens (including phenoxy) is 1. The lowest BCUT2D eigenvalue weighted by atomic mass is 10.2. The Morgan fingerprint density at radius 1 is 1.06 bits per heavy atom. The third-order valence-electron chi connectivity index (χ3n) is 1.59. The fourth-order valence-electron chi connectivity index (χ4n) is 0.846. The summed E-state index contributed by atoms with van der Waals surface area (Å²) in [6, 6.07) is -1.58. The highest BCUT2D eigenvalue weighted by Crippen LogP contribution is 1.93. The van der Waals surface area contributed by atoms with Gasteiger partial charge in [0.2, 0.25) is 0 Å². The summed E-state index contributed by atoms with van der Waals surface area (Å²) >= 11 is 0. The number of nitrogens with one attached hydrogen (secondary N) is 1. The molecular weight excluding hydrogens is 254 g/mol. The molecule has 0 heterocycles. The molecule has 0 saturated heterocycles. The molecule has 0 amide bonds. The molecule has 0 fully saturated rings. The molecule has 0 saturated carbocycles. The Bertz CT molecular complexity index is 388. The Morgan fingerprint density at radius 3 is 2.00 bits per heavy atom. The molecule has 0 aromatic rings. The third kappa shape index (κ3) is 6.17. The van der Waals surface area contributed by atoms with Crippen molar-refractivity contribution in [3.05, 3.63) is 0 Å². The summed E-state index contributed by atoms with van der Waals surface area (Å²) in [6.45, 7) is -0.851. The predicted octanol–water partition coefficient (Wildman–Crippen LogP) is -1.71. The molecule has 1 atom stereocenters. The minimum absolute atomic E-state index is 0.809. The van der Waals surface area contributed by atoms with Crippen molar-refractivity contribution in [2.24, 2.45) is 0 Å². The summed E-state index contributed by atoms with van der Waals surface area (Å²) in [5.74, 6) is -5.98. The fourth-order valence-corrected chi connectivity index (χ4v) is 0.846. The van der Waals surface area contributed by atoms with E-state index in [0.29, 0.717) is 0 Å². The number of rotatable bonds is 7. The van der Waals surface area contributed by atoms with Gasteiger partial charge in [0.15, 0.2) is 0 Å². The zero-order chi connectivity index (χ0) is 14.3. The minimum Gasteiger partial charge on any atom is -0.481 e. The number of esters is 1. The Hall–Kier alpha value is -2.49. The third-order valence-corrected chi connectivity index (χ3v) is 1.59. The molecule has 4 N–H and O–H groups in total. The van der Waals surface area contributed by atoms with Crippen molar-refractivity contribution >= 4 is 29.8 Å². The first kappa shape index (κ1) is 15.5. The number of ketones is 1. The first-order valence-corrected chi connectivity index (χ1v) is 4.40. The molecule has 0 aromatic heterocycles. The lowest BCUT2D eigenvalue weighted by Gasteiger charge is -2.10. The van der Waals surface area contributed by atoms with Crippen LogP contribution in [0.15, 0.2) is 0 Å². The molecule has 0 spiro atoms. The minimum atomic E-state index is -1.98. The summed E-state index contributed by atoms with van der Waals surface area (Å²) in [5, 5.41) is 27.0. The van der Waals surface area contributed by atoms with Crippen LogP contribution in [-0.2, 0) is 23.9 Å². The van der Waals surface area contributed by atoms with Crippen molar-refractivity contribution in [2.75, 3.05) is 6.54 Å². The Kier molecular flexibility index (Phi) is 6.00. The molecule has 0 aromatic carbocycles. The molecule has 18 heavy (non-hydrogen) atoms. The van der Waals surface area contributed by atoms with Crippen molar-refractivity contribution < 1.29 is 44.0 Å². The van der Waals surface area contributed by atoms with Crippen LogP contribution in [0.25, 0.3) is 0 Å². The average Bonchev–Trinajstić information content (AvgIpc) is 2.21. The highest BCUT2D eigenvalue weighted by Gasteiger charge is 2.24. The van der Waals surface area contributed by atoms with Gasteiger partial charge in [0.25, 0.3) is 5.78 Å². The van der Waals surface area contributed by atoms with Crippen molar-refractivity contribution in [3.8, 4) is 0 Å². The summed E-state index contributed by atoms with van der Waals surface area (Å²) in [4.78, 5) is 52.4. The van der Waals surface area contributed by atoms with E-state index in [-0.39, 0.29) is 0 Å². The number of carbonyl (C=O) groups is 5. The van der Waals surface area contributed by atoms with Gasteiger partial charge in [-0.2, -0.15) is 0 Å². The molecule has 100 valence electrons. The van der Waals surface area contributed by atoms with Crippen LogP contribution in [-0.4, -0.2) is 57.8 Å². The lowest BCUT2D eigenvalue weighted by molar-refractivity contribution is -0.150. The molecule has 0 aliphatic rings. The van der Waals surface area contributed by atoms with E-state index < -0.39 is 48.9 Å². The standard InChI is InChI=1S/C8H9NO9/c10-4(7(15)18-8(16)17)2-9-3(6(13)14)1-5(11)12/h3,9H,1-2H2,(H,11,12)(H,13,14)(H,16,17)/t3-/m0/s1. The molecule has 0 rings (SSSR count). The average molecular weight is 263 g/mol. The zero-order valence-corrected chi connectivity index (χ0v) is 8.78. The Labute approximate surface area is 99.1 Å². The smallest absolute Gasteiger partial charge is 0.481 e. The fraction of sp³-hybridized carbons (Fsp3) is 0.375. The van der Waals surface area contributed by atoms with E-state index in [1.54, 1.807) is 0 Å². The van der Waals surface area contributed by atoms with Gasteiger partial charge >= 0.3 is 24.1 Å². The van der Waals surface area contributed by atoms with Gasteiger partial charge in [0.1, 0.15) is 6.04 Å². The molecular formula is C8H9NO9. The number of aliphatic carboxylic acids is 2. The SMILES string of the molecule is O=C(O)C[C@H](NCC(=O)C(=O)OC(=O)O)C(=O)O. The molecule has 10 nitrogen and oxygen atoms in total. The highest BCUT2D eigenvalue weighted by molar-refractivity contribution is 6.35. The van der Waals surface area contributed by atoms with Crippen LogP contribution in [0.2, 0.25) is 0 Å². The maximum Gasteiger partial charge on any atom is 0.513 e. The van der Waals surface area contributed by atoms with E-state index in [2.05, 4.69) is 4.74 Å². The van der Waals surface area contributed by atoms with Crippen LogP contribution in [0, 0.1) is 0 Å². The highest BCUT2D eigenvalue weighted by atomic mass is 16.7. The van der Waals surface area contributed by atoms with Gasteiger partial charge in [-0.15, -0.1) is 0 Å². The summed E-state index contributed by atoms with van der Waals surface area (Å²) in [5.41, 5.74) is 0. The summed E-state index contributed by atoms with van der Waals surface area (Å²) in [6.07, 6.45) is -2.79. The van der Waals surface area contributed by atoms with E-state index in [0.717, 1.165) is 0 Å². The molecule has 0 aliphatic heterocycles. The van der Waals surface area contributed by atoms with Gasteiger partial charge in [0, 0.05) is 0 Å². The van der Waals surface area contributed by atoms with E-state index in [9.17, 15) is 24.0 Å². The van der Waals surface area contributed by atoms with Crippen molar-refractivity contribution in [1.29, 1.82) is 0 Å². The normalized spacial score (nSPS) is 11.3. The second-order valence-electron chi connectivity index (χ2n) is 2.95. The molecule has 0 aliphatic carbocycles. The number of hydrogen-bond acceptors (Lipinski definition) is 7. The number of Topliss-reactive ketones (excluding diaryl/α,β-unsaturated/α-hetero) is 1. The van der Waals surface area contributed by atoms with E-state index in [4.69, 9.17) is 15.3 Å². The monoisotopic (exact) mass is 263 g/mol. The van der Waals surface area contributed by atoms with Gasteiger partial charge in [0.05, 0.1) is 13.0 Å². The summed E-state index contributed by atoms with van der Waals surface area (Å²) in [7, 11) is 0. The van der Waals surface area contributed by atoms with Gasteiger partial charge in [-0.3, -0.25) is 19.7 Å². The van der Waals surface area contributed by atoms with Crippen molar-refractivity contribution in [3.63, 3.8) is 0 Å². The van der Waals surface area contributed by atoms with Crippen LogP contribution in [0.3, 0.4) is 0 Å². The topological polar surface area (TPSA) is 167 Å². The molecule has 10 heteroatoms. The molecule has 0 radical (unpaired) electrons. The quantitative estimate of drug-likeness (QED) is 0.236. The maximum atomic E-state index is 11.0. The van der Waals surface area contributed by atoms with Crippen molar-refractivity contribution in [1.82, 2.24) is 5.32 Å². The molecule has 0 unspecified atom stereocenters. The van der Waals surface area contributed by atoms with Gasteiger partial charge in [-0.05, 0) is 0 Å². The van der Waals surface area contributed by atoms with Gasteiger partial charge in [-0.25, -0.2) is 9.59 Å². The zero-order valence-electron chi connectivity index (χ0n) is 8.78. The number of hydrogen-bond donors (Lipinski definition) is 4. The largest absolute Gasteiger partial charge is 0.513 e. The van der Waals surface area contributed by atoms with Crippen LogP contribution >= 0.6 is 0 Å².